The van der Waals surface area contributed by atoms with Crippen molar-refractivity contribution in [3.63, 3.8) is 0 Å². The van der Waals surface area contributed by atoms with Gasteiger partial charge in [-0.3, -0.25) is 9.59 Å². The molecule has 0 bridgehead atoms. The molecule has 0 spiro atoms. The number of benzene rings is 4. The van der Waals surface area contributed by atoms with E-state index in [1.807, 2.05) is 94.4 Å². The summed E-state index contributed by atoms with van der Waals surface area (Å²) in [6.45, 7) is 22.3. The standard InChI is InChI=1S/C65H91FN4O6/c1-12-44-24-29-56(57(66)34-44)53-38-50(37-49-26-28-55(41-52(49)39-53)73-30-15-13-14-16-31-75-58(71)62(6,7)64(10,69)42-60(2,3)67)48-23-18-22-46(35-48)47-21-17-20-45-25-27-54(40-51(45)36-47)74-32-19-33-76-59(72)63(8,9)65(11,70)43-61(4,5)68/h18,22-29,34-36,39-41,50H,12-17,19-21,30-33,37-38,42-43,67-70H2,1-11H3. The van der Waals surface area contributed by atoms with Crippen LogP contribution in [0.1, 0.15) is 191 Å². The van der Waals surface area contributed by atoms with Gasteiger partial charge in [0.15, 0.2) is 0 Å². The summed E-state index contributed by atoms with van der Waals surface area (Å²) in [5.41, 5.74) is 32.2. The third-order valence-electron chi connectivity index (χ3n) is 16.1. The van der Waals surface area contributed by atoms with E-state index in [0.29, 0.717) is 51.1 Å². The number of hydrogen-bond donors (Lipinski definition) is 4. The number of fused-ring (bicyclic) bond motifs is 2. The molecule has 0 saturated heterocycles. The van der Waals surface area contributed by atoms with Crippen molar-refractivity contribution in [1.29, 1.82) is 0 Å². The van der Waals surface area contributed by atoms with Crippen molar-refractivity contribution in [3.05, 3.63) is 129 Å². The molecule has 0 amide bonds. The fraction of sp³-hybridized carbons (Fsp3) is 0.538. The zero-order chi connectivity index (χ0) is 55.7. The smallest absolute Gasteiger partial charge is 0.313 e. The van der Waals surface area contributed by atoms with Crippen LogP contribution in [0.15, 0.2) is 78.9 Å². The van der Waals surface area contributed by atoms with Gasteiger partial charge in [-0.25, -0.2) is 4.39 Å². The monoisotopic (exact) mass is 1040 g/mol. The number of allylic oxidation sites excluding steroid dienone is 2. The zero-order valence-electron chi connectivity index (χ0n) is 47.9. The van der Waals surface area contributed by atoms with Crippen molar-refractivity contribution in [2.75, 3.05) is 26.4 Å². The Morgan fingerprint density at radius 2 is 1.12 bits per heavy atom. The second-order valence-corrected chi connectivity index (χ2v) is 25.0. The van der Waals surface area contributed by atoms with Gasteiger partial charge < -0.3 is 41.9 Å². The molecule has 3 atom stereocenters. The van der Waals surface area contributed by atoms with Crippen LogP contribution in [0.4, 0.5) is 4.39 Å². The van der Waals surface area contributed by atoms with Crippen molar-refractivity contribution >= 4 is 35.2 Å². The molecule has 414 valence electrons. The van der Waals surface area contributed by atoms with E-state index in [-0.39, 0.29) is 30.3 Å². The van der Waals surface area contributed by atoms with Gasteiger partial charge in [-0.1, -0.05) is 67.6 Å². The number of ether oxygens (including phenoxy) is 4. The first-order valence-corrected chi connectivity index (χ1v) is 27.9. The second kappa shape index (κ2) is 25.0. The van der Waals surface area contributed by atoms with Crippen molar-refractivity contribution in [2.45, 2.75) is 188 Å². The summed E-state index contributed by atoms with van der Waals surface area (Å²) < 4.78 is 40.0. The first kappa shape index (κ1) is 59.9. The molecule has 11 heteroatoms. The molecule has 0 radical (unpaired) electrons. The highest BCUT2D eigenvalue weighted by atomic mass is 19.1. The van der Waals surface area contributed by atoms with Crippen LogP contribution in [-0.4, -0.2) is 60.5 Å². The molecule has 2 aliphatic rings. The highest BCUT2D eigenvalue weighted by molar-refractivity contribution is 5.86. The highest BCUT2D eigenvalue weighted by Gasteiger charge is 2.48. The molecule has 0 aromatic heterocycles. The molecule has 3 unspecified atom stereocenters. The molecule has 76 heavy (non-hydrogen) atoms. The number of aryl methyl sites for hydroxylation is 2. The predicted molar refractivity (Wildman–Crippen MR) is 309 cm³/mol. The molecule has 0 aliphatic heterocycles. The highest BCUT2D eigenvalue weighted by Crippen LogP contribution is 2.42. The largest absolute Gasteiger partial charge is 0.494 e. The Labute approximate surface area is 454 Å². The lowest BCUT2D eigenvalue weighted by atomic mass is 9.68. The molecule has 4 aromatic carbocycles. The Bertz CT molecular complexity index is 2700. The second-order valence-electron chi connectivity index (χ2n) is 25.0. The molecule has 0 saturated carbocycles. The molecular formula is C65H91FN4O6. The van der Waals surface area contributed by atoms with Crippen LogP contribution in [0.5, 0.6) is 11.5 Å². The molecule has 4 aromatic rings. The summed E-state index contributed by atoms with van der Waals surface area (Å²) >= 11 is 0. The third kappa shape index (κ3) is 15.9. The van der Waals surface area contributed by atoms with Crippen LogP contribution < -0.4 is 32.4 Å². The number of hydrogen-bond acceptors (Lipinski definition) is 10. The third-order valence-corrected chi connectivity index (χ3v) is 16.1. The Hall–Kier alpha value is -5.33. The number of esters is 2. The first-order valence-electron chi connectivity index (χ1n) is 27.9. The summed E-state index contributed by atoms with van der Waals surface area (Å²) in [4.78, 5) is 26.2. The Kier molecular flexibility index (Phi) is 19.7. The van der Waals surface area contributed by atoms with E-state index >= 15 is 4.39 Å². The summed E-state index contributed by atoms with van der Waals surface area (Å²) in [5.74, 6) is 0.827. The molecular weight excluding hydrogens is 952 g/mol. The summed E-state index contributed by atoms with van der Waals surface area (Å²) in [5, 5.41) is 0. The van der Waals surface area contributed by atoms with E-state index in [1.54, 1.807) is 6.07 Å². The van der Waals surface area contributed by atoms with Crippen LogP contribution >= 0.6 is 0 Å². The molecule has 2 aliphatic carbocycles. The number of rotatable bonds is 25. The Morgan fingerprint density at radius 3 is 1.70 bits per heavy atom. The van der Waals surface area contributed by atoms with Gasteiger partial charge >= 0.3 is 11.9 Å². The molecule has 0 heterocycles. The van der Waals surface area contributed by atoms with Gasteiger partial charge in [0, 0.05) is 34.1 Å². The van der Waals surface area contributed by atoms with Gasteiger partial charge in [0.25, 0.3) is 0 Å². The first-order chi connectivity index (χ1) is 35.6. The van der Waals surface area contributed by atoms with E-state index < -0.39 is 33.0 Å². The van der Waals surface area contributed by atoms with Crippen LogP contribution in [0, 0.1) is 16.6 Å². The fourth-order valence-electron chi connectivity index (χ4n) is 10.8. The Morgan fingerprint density at radius 1 is 0.579 bits per heavy atom. The van der Waals surface area contributed by atoms with Crippen LogP contribution in [-0.2, 0) is 38.3 Å². The van der Waals surface area contributed by atoms with E-state index in [1.165, 1.54) is 27.8 Å². The van der Waals surface area contributed by atoms with Gasteiger partial charge in [-0.2, -0.15) is 0 Å². The fourth-order valence-corrected chi connectivity index (χ4v) is 10.8. The summed E-state index contributed by atoms with van der Waals surface area (Å²) in [6.07, 6.45) is 14.6. The maximum Gasteiger partial charge on any atom is 0.313 e. The number of carbonyl (C=O) groups is 2. The molecule has 6 rings (SSSR count). The molecule has 8 N–H and O–H groups in total. The van der Waals surface area contributed by atoms with Gasteiger partial charge in [0.05, 0.1) is 37.3 Å². The lowest BCUT2D eigenvalue weighted by Crippen LogP contribution is -2.59. The predicted octanol–water partition coefficient (Wildman–Crippen LogP) is 13.1. The summed E-state index contributed by atoms with van der Waals surface area (Å²) in [7, 11) is 0. The topological polar surface area (TPSA) is 175 Å². The van der Waals surface area contributed by atoms with E-state index in [2.05, 4.69) is 66.7 Å². The average Bonchev–Trinajstić information content (AvgIpc) is 3.67. The van der Waals surface area contributed by atoms with Gasteiger partial charge in [-0.15, -0.1) is 0 Å². The number of nitrogens with two attached hydrogens (primary N) is 4. The lowest BCUT2D eigenvalue weighted by molar-refractivity contribution is -0.159. The normalized spacial score (nSPS) is 16.9. The average molecular weight is 1040 g/mol. The van der Waals surface area contributed by atoms with Crippen LogP contribution in [0.3, 0.4) is 0 Å². The van der Waals surface area contributed by atoms with Crippen molar-refractivity contribution < 1.29 is 32.9 Å². The maximum atomic E-state index is 16.1. The number of carbonyl (C=O) groups excluding carboxylic acids is 2. The zero-order valence-corrected chi connectivity index (χ0v) is 47.9. The lowest BCUT2D eigenvalue weighted by Gasteiger charge is -2.42. The van der Waals surface area contributed by atoms with Gasteiger partial charge in [0.1, 0.15) is 17.3 Å². The van der Waals surface area contributed by atoms with E-state index in [4.69, 9.17) is 41.9 Å². The van der Waals surface area contributed by atoms with Crippen molar-refractivity contribution in [1.82, 2.24) is 0 Å². The van der Waals surface area contributed by atoms with E-state index in [9.17, 15) is 9.59 Å². The minimum Gasteiger partial charge on any atom is -0.494 e. The van der Waals surface area contributed by atoms with Gasteiger partial charge in [-0.05, 0) is 233 Å². The number of halogens is 1. The minimum atomic E-state index is -0.920. The minimum absolute atomic E-state index is 0.106. The van der Waals surface area contributed by atoms with Crippen LogP contribution in [0.25, 0.3) is 23.3 Å². The number of unbranched alkanes of at least 4 members (excludes halogenated alkanes) is 3. The summed E-state index contributed by atoms with van der Waals surface area (Å²) in [6, 6.07) is 27.3. The van der Waals surface area contributed by atoms with Gasteiger partial charge in [0.2, 0.25) is 0 Å². The molecule has 0 fully saturated rings. The quantitative estimate of drug-likeness (QED) is 0.0369. The molecule has 10 nitrogen and oxygen atoms in total. The Balaban J connectivity index is 1.09. The SMILES string of the molecule is CCc1ccc(C2=Cc3cc(OCCCCCCOC(=O)C(C)(C)C(C)(N)CC(C)(C)N)ccc3CC(c3cccc(C4=Cc5cc(OCCCOC(=O)C(C)(C)C(C)(N)CC(C)(C)N)ccc5CCC4)c3)C2)c(F)c1. The van der Waals surface area contributed by atoms with Crippen LogP contribution in [0.2, 0.25) is 0 Å². The van der Waals surface area contributed by atoms with Crippen molar-refractivity contribution in [2.24, 2.45) is 33.8 Å². The maximum absolute atomic E-state index is 16.1. The van der Waals surface area contributed by atoms with E-state index in [0.717, 1.165) is 91.5 Å². The van der Waals surface area contributed by atoms with Crippen molar-refractivity contribution in [3.8, 4) is 11.5 Å².